The van der Waals surface area contributed by atoms with Gasteiger partial charge in [-0.05, 0) is 154 Å². The van der Waals surface area contributed by atoms with Crippen molar-refractivity contribution in [3.05, 3.63) is 182 Å². The number of carbonyl (C=O) groups is 3. The summed E-state index contributed by atoms with van der Waals surface area (Å²) >= 11 is 0. The third-order valence-corrected chi connectivity index (χ3v) is 13.4. The molecule has 0 heterocycles. The van der Waals surface area contributed by atoms with Crippen molar-refractivity contribution >= 4 is 17.9 Å². The van der Waals surface area contributed by atoms with Crippen LogP contribution in [0.4, 0.5) is 0 Å². The fraction of sp³-hybridized carbons (Fsp3) is 0.571. The maximum Gasteiger partial charge on any atom is 0.306 e. The average Bonchev–Trinajstić information content (AvgIpc) is 3.49. The molecule has 0 aliphatic heterocycles. The van der Waals surface area contributed by atoms with E-state index in [9.17, 15) is 14.4 Å². The Morgan fingerprint density at radius 3 is 0.675 bits per heavy atom. The van der Waals surface area contributed by atoms with E-state index in [4.69, 9.17) is 14.2 Å². The first-order valence-corrected chi connectivity index (χ1v) is 33.3. The van der Waals surface area contributed by atoms with Crippen LogP contribution in [0.25, 0.3) is 0 Å². The van der Waals surface area contributed by atoms with Gasteiger partial charge in [-0.25, -0.2) is 0 Å². The summed E-state index contributed by atoms with van der Waals surface area (Å²) in [6.07, 6.45) is 103. The summed E-state index contributed by atoms with van der Waals surface area (Å²) in [5.41, 5.74) is 0. The monoisotopic (exact) mass is 1140 g/mol. The summed E-state index contributed by atoms with van der Waals surface area (Å²) in [5.74, 6) is -0.962. The van der Waals surface area contributed by atoms with E-state index in [-0.39, 0.29) is 31.1 Å². The number of allylic oxidation sites excluding steroid dienone is 30. The lowest BCUT2D eigenvalue weighted by Crippen LogP contribution is -2.30. The van der Waals surface area contributed by atoms with Crippen LogP contribution in [0.3, 0.4) is 0 Å². The second-order valence-corrected chi connectivity index (χ2v) is 21.2. The molecular weight excluding hydrogens is 1020 g/mol. The average molecular weight is 1140 g/mol. The number of rotatable bonds is 58. The molecule has 1 unspecified atom stereocenters. The Kier molecular flexibility index (Phi) is 64.4. The molecule has 0 fully saturated rings. The topological polar surface area (TPSA) is 78.9 Å². The molecule has 0 spiro atoms. The molecular formula is C77H120O6. The lowest BCUT2D eigenvalue weighted by Gasteiger charge is -2.18. The zero-order valence-electron chi connectivity index (χ0n) is 53.1. The quantitative estimate of drug-likeness (QED) is 0.0261. The van der Waals surface area contributed by atoms with E-state index in [1.807, 2.05) is 0 Å². The molecule has 0 aromatic carbocycles. The zero-order valence-corrected chi connectivity index (χ0v) is 53.1. The molecule has 464 valence electrons. The highest BCUT2D eigenvalue weighted by molar-refractivity contribution is 5.71. The van der Waals surface area contributed by atoms with Gasteiger partial charge in [0.2, 0.25) is 0 Å². The molecule has 0 amide bonds. The Morgan fingerprint density at radius 2 is 0.434 bits per heavy atom. The Hall–Kier alpha value is -5.49. The van der Waals surface area contributed by atoms with E-state index in [0.717, 1.165) is 193 Å². The lowest BCUT2D eigenvalue weighted by molar-refractivity contribution is -0.167. The van der Waals surface area contributed by atoms with Gasteiger partial charge >= 0.3 is 17.9 Å². The highest BCUT2D eigenvalue weighted by atomic mass is 16.6. The molecule has 0 saturated heterocycles. The highest BCUT2D eigenvalue weighted by Gasteiger charge is 2.19. The van der Waals surface area contributed by atoms with E-state index in [1.165, 1.54) is 32.1 Å². The number of hydrogen-bond acceptors (Lipinski definition) is 6. The highest BCUT2D eigenvalue weighted by Crippen LogP contribution is 2.14. The Balaban J connectivity index is 4.50. The normalized spacial score (nSPS) is 13.3. The van der Waals surface area contributed by atoms with Crippen molar-refractivity contribution in [2.45, 2.75) is 271 Å². The Bertz CT molecular complexity index is 1940. The second-order valence-electron chi connectivity index (χ2n) is 21.2. The maximum absolute atomic E-state index is 12.9. The molecule has 1 atom stereocenters. The first-order valence-electron chi connectivity index (χ1n) is 33.3. The Morgan fingerprint density at radius 1 is 0.241 bits per heavy atom. The number of carbonyl (C=O) groups excluding carboxylic acids is 3. The van der Waals surface area contributed by atoms with Gasteiger partial charge < -0.3 is 14.2 Å². The van der Waals surface area contributed by atoms with Gasteiger partial charge in [-0.2, -0.15) is 0 Å². The van der Waals surface area contributed by atoms with Crippen molar-refractivity contribution in [3.8, 4) is 0 Å². The molecule has 0 saturated carbocycles. The van der Waals surface area contributed by atoms with E-state index >= 15 is 0 Å². The third-order valence-electron chi connectivity index (χ3n) is 13.4. The van der Waals surface area contributed by atoms with Crippen LogP contribution in [-0.4, -0.2) is 37.2 Å². The summed E-state index contributed by atoms with van der Waals surface area (Å²) in [6, 6.07) is 0. The molecule has 0 rings (SSSR count). The van der Waals surface area contributed by atoms with E-state index in [2.05, 4.69) is 203 Å². The van der Waals surface area contributed by atoms with Gasteiger partial charge in [0.25, 0.3) is 0 Å². The number of ether oxygens (including phenoxy) is 3. The van der Waals surface area contributed by atoms with Crippen molar-refractivity contribution in [2.24, 2.45) is 0 Å². The minimum atomic E-state index is -0.814. The van der Waals surface area contributed by atoms with Crippen molar-refractivity contribution in [1.29, 1.82) is 0 Å². The molecule has 0 radical (unpaired) electrons. The molecule has 0 aromatic heterocycles. The minimum Gasteiger partial charge on any atom is -0.462 e. The van der Waals surface area contributed by atoms with Gasteiger partial charge in [-0.3, -0.25) is 14.4 Å². The minimum absolute atomic E-state index is 0.109. The number of unbranched alkanes of at least 4 members (excludes halogenated alkanes) is 17. The van der Waals surface area contributed by atoms with Crippen LogP contribution < -0.4 is 0 Å². The second kappa shape index (κ2) is 69.0. The zero-order chi connectivity index (χ0) is 59.9. The summed E-state index contributed by atoms with van der Waals surface area (Å²) in [7, 11) is 0. The SMILES string of the molecule is CC/C=C\C/C=C\C/C=C\C/C=C\C/C=C\C/C=C\C/C=C\CCCCCCCC(=O)OCC(COC(=O)CCCCCC/C=C\C/C=C\C/C=C\C/C=C\CC)OC(=O)CCCCCCCCCC/C=C\C/C=C\C/C=C\C/C=C\CC. The van der Waals surface area contributed by atoms with Gasteiger partial charge in [-0.15, -0.1) is 0 Å². The molecule has 83 heavy (non-hydrogen) atoms. The van der Waals surface area contributed by atoms with Crippen molar-refractivity contribution in [1.82, 2.24) is 0 Å². The number of esters is 3. The van der Waals surface area contributed by atoms with Crippen molar-refractivity contribution in [2.75, 3.05) is 13.2 Å². The lowest BCUT2D eigenvalue weighted by atomic mass is 10.1. The first-order chi connectivity index (χ1) is 41.0. The van der Waals surface area contributed by atoms with Crippen molar-refractivity contribution < 1.29 is 28.6 Å². The smallest absolute Gasteiger partial charge is 0.306 e. The molecule has 6 nitrogen and oxygen atoms in total. The fourth-order valence-electron chi connectivity index (χ4n) is 8.52. The maximum atomic E-state index is 12.9. The fourth-order valence-corrected chi connectivity index (χ4v) is 8.52. The van der Waals surface area contributed by atoms with Gasteiger partial charge in [0, 0.05) is 19.3 Å². The molecule has 0 aliphatic carbocycles. The van der Waals surface area contributed by atoms with Crippen LogP contribution in [0, 0.1) is 0 Å². The van der Waals surface area contributed by atoms with Gasteiger partial charge in [0.15, 0.2) is 6.10 Å². The van der Waals surface area contributed by atoms with Crippen LogP contribution in [0.15, 0.2) is 182 Å². The van der Waals surface area contributed by atoms with Crippen LogP contribution in [0.5, 0.6) is 0 Å². The predicted molar refractivity (Wildman–Crippen MR) is 361 cm³/mol. The van der Waals surface area contributed by atoms with Crippen LogP contribution in [-0.2, 0) is 28.6 Å². The first kappa shape index (κ1) is 77.5. The van der Waals surface area contributed by atoms with Crippen molar-refractivity contribution in [3.63, 3.8) is 0 Å². The van der Waals surface area contributed by atoms with Crippen LogP contribution in [0.2, 0.25) is 0 Å². The molecule has 0 N–H and O–H groups in total. The van der Waals surface area contributed by atoms with Gasteiger partial charge in [-0.1, -0.05) is 274 Å². The molecule has 6 heteroatoms. The molecule has 0 bridgehead atoms. The largest absolute Gasteiger partial charge is 0.462 e. The van der Waals surface area contributed by atoms with Gasteiger partial charge in [0.1, 0.15) is 13.2 Å². The summed E-state index contributed by atoms with van der Waals surface area (Å²) in [5, 5.41) is 0. The molecule has 0 aromatic rings. The van der Waals surface area contributed by atoms with E-state index in [1.54, 1.807) is 0 Å². The summed E-state index contributed by atoms with van der Waals surface area (Å²) < 4.78 is 16.9. The Labute approximate surface area is 510 Å². The predicted octanol–water partition coefficient (Wildman–Crippen LogP) is 23.2. The summed E-state index contributed by atoms with van der Waals surface area (Å²) in [4.78, 5) is 38.4. The van der Waals surface area contributed by atoms with E-state index in [0.29, 0.717) is 19.3 Å². The van der Waals surface area contributed by atoms with E-state index < -0.39 is 6.10 Å². The molecule has 0 aliphatic rings. The third kappa shape index (κ3) is 67.2. The standard InChI is InChI=1S/C77H120O6/c1-4-7-10-13-16-19-22-25-28-31-33-35-36-37-38-39-40-42-43-46-49-52-55-58-61-64-67-70-76(79)82-73-74(72-81-75(78)69-66-63-60-57-54-51-48-45-30-27-24-21-18-15-12-9-6-3)83-77(80)71-68-65-62-59-56-53-50-47-44-41-34-32-29-26-23-20-17-14-11-8-5-2/h7-12,16-21,25-30,33-35,37-38,40-42,46,48-49,51,74H,4-6,13-15,22-24,31-32,36,39,43-45,47,50,52-73H2,1-3H3/b10-7-,11-8-,12-9-,19-16-,20-17-,21-18-,28-25-,29-26-,30-27-,35-33-,38-37-,41-34-,42-40-,49-46-,51-48-. The van der Waals surface area contributed by atoms with Crippen LogP contribution >= 0.6 is 0 Å². The van der Waals surface area contributed by atoms with Crippen LogP contribution in [0.1, 0.15) is 265 Å². The summed E-state index contributed by atoms with van der Waals surface area (Å²) in [6.45, 7) is 6.25. The van der Waals surface area contributed by atoms with Gasteiger partial charge in [0.05, 0.1) is 0 Å². The number of hydrogen-bond donors (Lipinski definition) is 0.